The van der Waals surface area contributed by atoms with E-state index in [0.717, 1.165) is 106 Å². The lowest BCUT2D eigenvalue weighted by Crippen LogP contribution is -2.61. The van der Waals surface area contributed by atoms with Crippen LogP contribution in [0.2, 0.25) is 0 Å². The van der Waals surface area contributed by atoms with Crippen LogP contribution in [0.3, 0.4) is 0 Å². The molecule has 8 nitrogen and oxygen atoms in total. The lowest BCUT2D eigenvalue weighted by molar-refractivity contribution is 1.07. The van der Waals surface area contributed by atoms with Crippen molar-refractivity contribution in [2.75, 3.05) is 9.80 Å². The van der Waals surface area contributed by atoms with E-state index < -0.39 is 0 Å². The molecule has 94 heavy (non-hydrogen) atoms. The molecule has 16 aromatic rings. The largest absolute Gasteiger partial charge is 0.311 e. The fourth-order valence-electron chi connectivity index (χ4n) is 14.1. The summed E-state index contributed by atoms with van der Waals surface area (Å²) in [6.45, 7) is 0.0594. The van der Waals surface area contributed by atoms with Crippen LogP contribution in [-0.2, 0) is 0 Å². The van der Waals surface area contributed by atoms with Crippen molar-refractivity contribution >= 4 is 79.0 Å². The van der Waals surface area contributed by atoms with Crippen LogP contribution in [0.5, 0.6) is 0 Å². The number of aromatic nitrogens is 6. The number of benzene rings is 13. The molecule has 2 aliphatic heterocycles. The number of nitrogens with zero attached hydrogens (tertiary/aromatic N) is 8. The monoisotopic (exact) mass is 1200 g/mol. The van der Waals surface area contributed by atoms with Gasteiger partial charge >= 0.3 is 0 Å². The molecule has 0 amide bonds. The number of hydrogen-bond donors (Lipinski definition) is 0. The second-order valence-corrected chi connectivity index (χ2v) is 23.9. The molecule has 0 bridgehead atoms. The van der Waals surface area contributed by atoms with Crippen molar-refractivity contribution in [2.24, 2.45) is 0 Å². The van der Waals surface area contributed by atoms with E-state index in [1.54, 1.807) is 0 Å². The highest BCUT2D eigenvalue weighted by molar-refractivity contribution is 7.00. The zero-order valence-electron chi connectivity index (χ0n) is 50.9. The predicted molar refractivity (Wildman–Crippen MR) is 387 cm³/mol. The zero-order chi connectivity index (χ0) is 62.1. The molecule has 438 valence electrons. The van der Waals surface area contributed by atoms with Crippen molar-refractivity contribution in [1.29, 1.82) is 0 Å². The normalized spacial score (nSPS) is 12.2. The molecule has 0 spiro atoms. The van der Waals surface area contributed by atoms with E-state index in [1.807, 2.05) is 84.9 Å². The Kier molecular flexibility index (Phi) is 13.1. The van der Waals surface area contributed by atoms with E-state index in [2.05, 4.69) is 263 Å². The van der Waals surface area contributed by atoms with Crippen LogP contribution in [-0.4, -0.2) is 36.2 Å². The van der Waals surface area contributed by atoms with E-state index in [4.69, 9.17) is 24.9 Å². The van der Waals surface area contributed by atoms with Crippen LogP contribution in [0.1, 0.15) is 0 Å². The third-order valence-corrected chi connectivity index (χ3v) is 18.4. The Morgan fingerprint density at radius 2 is 0.670 bits per heavy atom. The van der Waals surface area contributed by atoms with Crippen molar-refractivity contribution in [3.63, 3.8) is 0 Å². The third kappa shape index (κ3) is 9.36. The standard InChI is InChI=1S/C85H55BN8/c1-6-24-58(25-7-1)72-55-73(88-82(87-72)59-26-8-2-9-27-59)63-48-50-75(94-74-39-19-16-36-67(74)69-54-64(49-51-76(69)94)85-90-83(60-28-10-3-11-29-60)89-84(91-85)61-30-12-4-13-31-61)68(53-63)57-46-44-56(45-47-57)62-32-22-35-66(52-62)93-78-41-21-18-38-71(78)86-70-37-17-20-40-77(70)92(65-33-14-5-15-34-65)79-42-23-43-80(93)81(79)86/h1-55H. The van der Waals surface area contributed by atoms with Crippen molar-refractivity contribution < 1.29 is 0 Å². The highest BCUT2D eigenvalue weighted by Gasteiger charge is 2.43. The van der Waals surface area contributed by atoms with Crippen LogP contribution in [0.4, 0.5) is 34.1 Å². The molecule has 18 rings (SSSR count). The van der Waals surface area contributed by atoms with Gasteiger partial charge in [0, 0.05) is 83.8 Å². The van der Waals surface area contributed by atoms with Crippen LogP contribution < -0.4 is 26.2 Å². The second-order valence-electron chi connectivity index (χ2n) is 23.9. The maximum atomic E-state index is 5.35. The summed E-state index contributed by atoms with van der Waals surface area (Å²) in [7, 11) is 0. The first-order valence-electron chi connectivity index (χ1n) is 31.8. The summed E-state index contributed by atoms with van der Waals surface area (Å²) >= 11 is 0. The van der Waals surface area contributed by atoms with Gasteiger partial charge in [0.1, 0.15) is 0 Å². The maximum Gasteiger partial charge on any atom is 0.252 e. The molecule has 5 heterocycles. The van der Waals surface area contributed by atoms with Gasteiger partial charge in [-0.3, -0.25) is 0 Å². The molecule has 3 aromatic heterocycles. The molecule has 0 saturated heterocycles. The molecular weight excluding hydrogens is 1140 g/mol. The first kappa shape index (κ1) is 54.4. The Balaban J connectivity index is 0.782. The van der Waals surface area contributed by atoms with Gasteiger partial charge < -0.3 is 14.4 Å². The summed E-state index contributed by atoms with van der Waals surface area (Å²) in [5.74, 6) is 2.51. The van der Waals surface area contributed by atoms with Gasteiger partial charge in [-0.1, -0.05) is 243 Å². The van der Waals surface area contributed by atoms with Gasteiger partial charge in [0.05, 0.1) is 28.1 Å². The summed E-state index contributed by atoms with van der Waals surface area (Å²) in [6.07, 6.45) is 0. The van der Waals surface area contributed by atoms with Gasteiger partial charge in [0.15, 0.2) is 23.3 Å². The van der Waals surface area contributed by atoms with E-state index in [1.165, 1.54) is 39.1 Å². The highest BCUT2D eigenvalue weighted by Crippen LogP contribution is 2.46. The maximum absolute atomic E-state index is 5.35. The number of fused-ring (bicyclic) bond motifs is 7. The molecule has 0 atom stereocenters. The topological polar surface area (TPSA) is 75.9 Å². The van der Waals surface area contributed by atoms with Gasteiger partial charge in [0.25, 0.3) is 6.71 Å². The first-order valence-corrected chi connectivity index (χ1v) is 31.8. The summed E-state index contributed by atoms with van der Waals surface area (Å²) in [5, 5.41) is 2.19. The zero-order valence-corrected chi connectivity index (χ0v) is 50.9. The van der Waals surface area contributed by atoms with Gasteiger partial charge in [-0.05, 0) is 124 Å². The van der Waals surface area contributed by atoms with E-state index in [9.17, 15) is 0 Å². The molecule has 0 N–H and O–H groups in total. The molecule has 0 unspecified atom stereocenters. The van der Waals surface area contributed by atoms with Gasteiger partial charge in [-0.15, -0.1) is 0 Å². The average Bonchev–Trinajstić information content (AvgIpc) is 0.822. The number of hydrogen-bond acceptors (Lipinski definition) is 7. The Hall–Kier alpha value is -12.6. The Morgan fingerprint density at radius 1 is 0.234 bits per heavy atom. The minimum Gasteiger partial charge on any atom is -0.311 e. The lowest BCUT2D eigenvalue weighted by atomic mass is 9.33. The van der Waals surface area contributed by atoms with Crippen LogP contribution in [0.15, 0.2) is 334 Å². The van der Waals surface area contributed by atoms with Gasteiger partial charge in [-0.25, -0.2) is 24.9 Å². The lowest BCUT2D eigenvalue weighted by Gasteiger charge is -2.44. The van der Waals surface area contributed by atoms with Crippen molar-refractivity contribution in [1.82, 2.24) is 29.5 Å². The third-order valence-electron chi connectivity index (χ3n) is 18.4. The van der Waals surface area contributed by atoms with E-state index >= 15 is 0 Å². The quantitative estimate of drug-likeness (QED) is 0.119. The fraction of sp³-hybridized carbons (Fsp3) is 0. The summed E-state index contributed by atoms with van der Waals surface area (Å²) in [5.41, 5.74) is 25.7. The van der Waals surface area contributed by atoms with Crippen molar-refractivity contribution in [3.05, 3.63) is 334 Å². The summed E-state index contributed by atoms with van der Waals surface area (Å²) in [6, 6.07) is 119. The summed E-state index contributed by atoms with van der Waals surface area (Å²) < 4.78 is 2.41. The smallest absolute Gasteiger partial charge is 0.252 e. The highest BCUT2D eigenvalue weighted by atomic mass is 15.2. The molecule has 13 aromatic carbocycles. The fourth-order valence-corrected chi connectivity index (χ4v) is 14.1. The SMILES string of the molecule is c1ccc(-c2cc(-c3ccc(-n4c5ccccc5c5cc(-c6nc(-c7ccccc7)nc(-c7ccccc7)n6)ccc54)c(-c4ccc(-c5cccc(N6c7ccccc7B7c8ccccc8N(c8ccccc8)c8cccc6c87)c5)cc4)c3)nc(-c3ccccc3)n2)cc1. The van der Waals surface area contributed by atoms with Crippen LogP contribution >= 0.6 is 0 Å². The average molecular weight is 1200 g/mol. The van der Waals surface area contributed by atoms with E-state index in [0.29, 0.717) is 23.3 Å². The molecule has 0 radical (unpaired) electrons. The molecule has 2 aliphatic rings. The van der Waals surface area contributed by atoms with Gasteiger partial charge in [0.2, 0.25) is 0 Å². The number of anilines is 6. The number of para-hydroxylation sites is 4. The molecular formula is C85H55BN8. The molecule has 9 heteroatoms. The number of rotatable bonds is 11. The minimum absolute atomic E-state index is 0.0594. The Labute approximate surface area is 544 Å². The van der Waals surface area contributed by atoms with Crippen LogP contribution in [0.25, 0.3) is 118 Å². The van der Waals surface area contributed by atoms with Gasteiger partial charge in [-0.2, -0.15) is 0 Å². The second kappa shape index (κ2) is 22.7. The Bertz CT molecular complexity index is 5450. The minimum atomic E-state index is 0.0594. The predicted octanol–water partition coefficient (Wildman–Crippen LogP) is 19.2. The Morgan fingerprint density at radius 3 is 1.30 bits per heavy atom. The van der Waals surface area contributed by atoms with E-state index in [-0.39, 0.29) is 6.71 Å². The van der Waals surface area contributed by atoms with Crippen molar-refractivity contribution in [3.8, 4) is 96.0 Å². The molecule has 0 fully saturated rings. The summed E-state index contributed by atoms with van der Waals surface area (Å²) in [4.78, 5) is 30.8. The molecule has 0 aliphatic carbocycles. The molecule has 0 saturated carbocycles. The first-order chi connectivity index (χ1) is 46.6. The van der Waals surface area contributed by atoms with Crippen molar-refractivity contribution in [2.45, 2.75) is 0 Å². The van der Waals surface area contributed by atoms with Crippen LogP contribution in [0, 0.1) is 0 Å².